The van der Waals surface area contributed by atoms with Gasteiger partial charge in [0, 0.05) is 25.2 Å². The quantitative estimate of drug-likeness (QED) is 0.0881. The van der Waals surface area contributed by atoms with Gasteiger partial charge in [-0.2, -0.15) is 0 Å². The van der Waals surface area contributed by atoms with E-state index in [0.717, 1.165) is 51.9 Å². The van der Waals surface area contributed by atoms with E-state index in [9.17, 15) is 20.2 Å². The fraction of sp³-hybridized carbons (Fsp3) is 0.455. The molecule has 38 heavy (non-hydrogen) atoms. The van der Waals surface area contributed by atoms with Gasteiger partial charge in [0.1, 0.15) is 0 Å². The van der Waals surface area contributed by atoms with Crippen LogP contribution in [0.3, 0.4) is 0 Å². The fourth-order valence-corrected chi connectivity index (χ4v) is 3.91. The second-order valence-corrected chi connectivity index (χ2v) is 8.47. The zero-order valence-electron chi connectivity index (χ0n) is 20.5. The highest BCUT2D eigenvalue weighted by atomic mass is 16.6. The molecule has 2 aromatic heterocycles. The van der Waals surface area contributed by atoms with Crippen molar-refractivity contribution in [2.45, 2.75) is 25.7 Å². The number of fused-ring (bicyclic) bond motifs is 2. The van der Waals surface area contributed by atoms with E-state index in [4.69, 9.17) is 0 Å². The summed E-state index contributed by atoms with van der Waals surface area (Å²) < 4.78 is 9.33. The summed E-state index contributed by atoms with van der Waals surface area (Å²) in [6.45, 7) is 4.88. The average molecular weight is 529 g/mol. The number of non-ortho nitro benzene ring substituents is 2. The Labute approximate surface area is 215 Å². The number of anilines is 2. The Morgan fingerprint density at radius 2 is 0.974 bits per heavy atom. The molecular weight excluding hydrogens is 500 g/mol. The first kappa shape index (κ1) is 26.6. The minimum Gasteiger partial charge on any atom is -0.383 e. The van der Waals surface area contributed by atoms with Crippen molar-refractivity contribution in [3.8, 4) is 0 Å². The second kappa shape index (κ2) is 13.2. The van der Waals surface area contributed by atoms with Crippen LogP contribution in [0, 0.1) is 20.2 Å². The van der Waals surface area contributed by atoms with Crippen LogP contribution in [0.4, 0.5) is 22.7 Å². The molecule has 0 aliphatic carbocycles. The Kier molecular flexibility index (Phi) is 9.25. The molecule has 0 fully saturated rings. The lowest BCUT2D eigenvalue weighted by Gasteiger charge is -2.09. The van der Waals surface area contributed by atoms with E-state index in [1.807, 2.05) is 0 Å². The maximum atomic E-state index is 11.1. The van der Waals surface area contributed by atoms with Gasteiger partial charge in [0.15, 0.2) is 11.0 Å². The zero-order chi connectivity index (χ0) is 26.7. The van der Waals surface area contributed by atoms with Crippen LogP contribution in [0.1, 0.15) is 25.7 Å². The number of nitro groups is 2. The zero-order valence-corrected chi connectivity index (χ0v) is 20.5. The van der Waals surface area contributed by atoms with Crippen molar-refractivity contribution < 1.29 is 19.1 Å². The third-order valence-electron chi connectivity index (χ3n) is 5.83. The van der Waals surface area contributed by atoms with Gasteiger partial charge in [-0.25, -0.2) is 9.26 Å². The molecule has 16 heteroatoms. The monoisotopic (exact) mass is 528 g/mol. The highest BCUT2D eigenvalue weighted by Crippen LogP contribution is 2.29. The molecule has 0 unspecified atom stereocenters. The molecule has 4 rings (SSSR count). The lowest BCUT2D eigenvalue weighted by Crippen LogP contribution is -2.22. The van der Waals surface area contributed by atoms with E-state index < -0.39 is 9.85 Å². The minimum absolute atomic E-state index is 0.131. The minimum atomic E-state index is -0.508. The molecule has 0 spiro atoms. The number of nitrogens with zero attached hydrogens (tertiary/aromatic N) is 6. The smallest absolute Gasteiger partial charge is 0.300 e. The van der Waals surface area contributed by atoms with Crippen molar-refractivity contribution in [3.05, 3.63) is 44.5 Å². The van der Waals surface area contributed by atoms with E-state index in [1.165, 1.54) is 12.1 Å². The van der Waals surface area contributed by atoms with Gasteiger partial charge in [-0.1, -0.05) is 0 Å². The Morgan fingerprint density at radius 1 is 0.579 bits per heavy atom. The number of hydrogen-bond acceptors (Lipinski definition) is 14. The van der Waals surface area contributed by atoms with Gasteiger partial charge in [0.25, 0.3) is 0 Å². The van der Waals surface area contributed by atoms with E-state index >= 15 is 0 Å². The van der Waals surface area contributed by atoms with Crippen molar-refractivity contribution in [3.63, 3.8) is 0 Å². The molecule has 0 bridgehead atoms. The van der Waals surface area contributed by atoms with E-state index in [-0.39, 0.29) is 22.4 Å². The molecule has 0 atom stereocenters. The lowest BCUT2D eigenvalue weighted by atomic mass is 10.2. The van der Waals surface area contributed by atoms with Crippen LogP contribution >= 0.6 is 0 Å². The van der Waals surface area contributed by atoms with Gasteiger partial charge >= 0.3 is 11.4 Å². The van der Waals surface area contributed by atoms with E-state index in [0.29, 0.717) is 35.5 Å². The van der Waals surface area contributed by atoms with Crippen LogP contribution in [0.15, 0.2) is 33.5 Å². The van der Waals surface area contributed by atoms with Crippen LogP contribution in [0.5, 0.6) is 0 Å². The number of benzene rings is 2. The molecule has 4 N–H and O–H groups in total. The number of hydrogen-bond donors (Lipinski definition) is 4. The van der Waals surface area contributed by atoms with Gasteiger partial charge in [0.2, 0.25) is 11.0 Å². The highest BCUT2D eigenvalue weighted by Gasteiger charge is 2.20. The summed E-state index contributed by atoms with van der Waals surface area (Å²) >= 11 is 0. The van der Waals surface area contributed by atoms with Crippen LogP contribution in [-0.2, 0) is 0 Å². The molecule has 0 amide bonds. The Balaban J connectivity index is 1.00. The Morgan fingerprint density at radius 3 is 1.39 bits per heavy atom. The van der Waals surface area contributed by atoms with Crippen LogP contribution in [0.2, 0.25) is 0 Å². The van der Waals surface area contributed by atoms with Crippen LogP contribution in [0.25, 0.3) is 22.1 Å². The third-order valence-corrected chi connectivity index (χ3v) is 5.83. The van der Waals surface area contributed by atoms with Crippen molar-refractivity contribution in [1.82, 2.24) is 31.3 Å². The van der Waals surface area contributed by atoms with E-state index in [2.05, 4.69) is 51.2 Å². The van der Waals surface area contributed by atoms with Gasteiger partial charge in [-0.15, -0.1) is 0 Å². The lowest BCUT2D eigenvalue weighted by molar-refractivity contribution is -0.383. The largest absolute Gasteiger partial charge is 0.383 e. The second-order valence-electron chi connectivity index (χ2n) is 8.47. The topological polar surface area (TPSA) is 212 Å². The van der Waals surface area contributed by atoms with Crippen LogP contribution in [-0.4, -0.2) is 69.7 Å². The molecule has 0 aliphatic heterocycles. The third kappa shape index (κ3) is 6.65. The first-order valence-corrected chi connectivity index (χ1v) is 12.2. The normalized spacial score (nSPS) is 11.3. The molecule has 4 aromatic rings. The van der Waals surface area contributed by atoms with Gasteiger partial charge in [-0.05, 0) is 84.6 Å². The first-order chi connectivity index (χ1) is 18.6. The maximum absolute atomic E-state index is 11.1. The number of nitro benzene ring substituents is 2. The van der Waals surface area contributed by atoms with Crippen molar-refractivity contribution >= 4 is 44.8 Å². The molecule has 0 radical (unpaired) electrons. The first-order valence-electron chi connectivity index (χ1n) is 12.2. The summed E-state index contributed by atoms with van der Waals surface area (Å²) in [5.74, 6) is 0. The molecule has 0 saturated carbocycles. The SMILES string of the molecule is O=[N+]([O-])c1ccc(NCCCNCCCCNCCCNc2ccc([N+](=O)[O-])c3nonc23)c2nonc12. The number of unbranched alkanes of at least 4 members (excludes halogenated alkanes) is 1. The fourth-order valence-electron chi connectivity index (χ4n) is 3.91. The Bertz CT molecular complexity index is 1270. The number of aromatic nitrogens is 4. The molecule has 2 heterocycles. The van der Waals surface area contributed by atoms with Gasteiger partial charge in [-0.3, -0.25) is 20.2 Å². The predicted octanol–water partition coefficient (Wildman–Crippen LogP) is 2.84. The van der Waals surface area contributed by atoms with E-state index in [1.54, 1.807) is 12.1 Å². The number of rotatable bonds is 17. The molecule has 2 aromatic carbocycles. The summed E-state index contributed by atoms with van der Waals surface area (Å²) in [7, 11) is 0. The summed E-state index contributed by atoms with van der Waals surface area (Å²) in [5.41, 5.74) is 2.03. The summed E-state index contributed by atoms with van der Waals surface area (Å²) in [6.07, 6.45) is 3.85. The van der Waals surface area contributed by atoms with Gasteiger partial charge in [0.05, 0.1) is 21.2 Å². The van der Waals surface area contributed by atoms with Crippen LogP contribution < -0.4 is 21.3 Å². The summed E-state index contributed by atoms with van der Waals surface area (Å²) in [6, 6.07) is 6.02. The summed E-state index contributed by atoms with van der Waals surface area (Å²) in [5, 5.41) is 50.1. The highest BCUT2D eigenvalue weighted by molar-refractivity contribution is 5.94. The standard InChI is InChI=1S/C22H28N10O6/c33-31(34)17-7-5-15(19-21(17)29-37-27-19)25-13-3-11-23-9-1-2-10-24-12-4-14-26-16-6-8-18(32(35)36)22-20(16)28-38-30-22/h5-8,23-26H,1-4,9-14H2. The van der Waals surface area contributed by atoms with Crippen molar-refractivity contribution in [1.29, 1.82) is 0 Å². The molecular formula is C22H28N10O6. The molecule has 0 saturated heterocycles. The summed E-state index contributed by atoms with van der Waals surface area (Å²) in [4.78, 5) is 21.1. The predicted molar refractivity (Wildman–Crippen MR) is 138 cm³/mol. The maximum Gasteiger partial charge on any atom is 0.300 e. The van der Waals surface area contributed by atoms with Crippen molar-refractivity contribution in [2.75, 3.05) is 49.9 Å². The molecule has 0 aliphatic rings. The van der Waals surface area contributed by atoms with Crippen molar-refractivity contribution in [2.24, 2.45) is 0 Å². The molecule has 16 nitrogen and oxygen atoms in total. The average Bonchev–Trinajstić information content (AvgIpc) is 3.59. The number of nitrogens with one attached hydrogen (secondary N) is 4. The Hall–Kier alpha value is -4.44. The molecule has 202 valence electrons. The van der Waals surface area contributed by atoms with Gasteiger partial charge < -0.3 is 21.3 Å².